The second kappa shape index (κ2) is 17.4. The fraction of sp³-hybridized carbons (Fsp3) is 1.00. The highest BCUT2D eigenvalue weighted by Crippen LogP contribution is 2.21. The van der Waals surface area contributed by atoms with Crippen LogP contribution in [0.3, 0.4) is 0 Å². The molecular formula is C23H47NO5. The monoisotopic (exact) mass is 417 g/mol. The average molecular weight is 418 g/mol. The van der Waals surface area contributed by atoms with E-state index < -0.39 is 30.6 Å². The van der Waals surface area contributed by atoms with Crippen molar-refractivity contribution in [3.05, 3.63) is 0 Å². The number of rotatable bonds is 18. The molecule has 29 heavy (non-hydrogen) atoms. The van der Waals surface area contributed by atoms with Crippen molar-refractivity contribution >= 4 is 0 Å². The third-order valence-electron chi connectivity index (χ3n) is 5.96. The highest BCUT2D eigenvalue weighted by Gasteiger charge is 2.42. The van der Waals surface area contributed by atoms with Crippen molar-refractivity contribution in [3.63, 3.8) is 0 Å². The van der Waals surface area contributed by atoms with Crippen LogP contribution in [0.15, 0.2) is 0 Å². The van der Waals surface area contributed by atoms with Gasteiger partial charge < -0.3 is 30.5 Å². The molecular weight excluding hydrogens is 370 g/mol. The van der Waals surface area contributed by atoms with Crippen LogP contribution in [0, 0.1) is 0 Å². The van der Waals surface area contributed by atoms with Gasteiger partial charge in [-0.2, -0.15) is 0 Å². The van der Waals surface area contributed by atoms with Gasteiger partial charge in [-0.15, -0.1) is 0 Å². The molecule has 0 saturated carbocycles. The minimum atomic E-state index is -1.18. The van der Waals surface area contributed by atoms with Gasteiger partial charge in [-0.3, -0.25) is 0 Å². The van der Waals surface area contributed by atoms with Gasteiger partial charge >= 0.3 is 0 Å². The normalized spacial score (nSPS) is 27.4. The SMILES string of the molecule is CCCCCCCCCCCCCCCCCO[C@@H]1OC(CO)[C@@H](O)C(O)C1N. The molecule has 174 valence electrons. The Hall–Kier alpha value is -0.240. The topological polar surface area (TPSA) is 105 Å². The summed E-state index contributed by atoms with van der Waals surface area (Å²) in [4.78, 5) is 0. The third kappa shape index (κ3) is 11.7. The summed E-state index contributed by atoms with van der Waals surface area (Å²) in [5, 5.41) is 28.9. The predicted octanol–water partition coefficient (Wildman–Crippen LogP) is 3.64. The fourth-order valence-corrected chi connectivity index (χ4v) is 3.93. The fourth-order valence-electron chi connectivity index (χ4n) is 3.93. The van der Waals surface area contributed by atoms with E-state index in [1.807, 2.05) is 0 Å². The van der Waals surface area contributed by atoms with E-state index in [-0.39, 0.29) is 6.61 Å². The summed E-state index contributed by atoms with van der Waals surface area (Å²) in [6.45, 7) is 2.41. The lowest BCUT2D eigenvalue weighted by Gasteiger charge is -2.40. The van der Waals surface area contributed by atoms with Crippen LogP contribution >= 0.6 is 0 Å². The van der Waals surface area contributed by atoms with Crippen molar-refractivity contribution < 1.29 is 24.8 Å². The summed E-state index contributed by atoms with van der Waals surface area (Å²) in [5.74, 6) is 0. The van der Waals surface area contributed by atoms with Gasteiger partial charge in [-0.1, -0.05) is 96.8 Å². The summed E-state index contributed by atoms with van der Waals surface area (Å²) >= 11 is 0. The summed E-state index contributed by atoms with van der Waals surface area (Å²) in [7, 11) is 0. The Morgan fingerprint density at radius 1 is 0.724 bits per heavy atom. The first-order chi connectivity index (χ1) is 14.1. The Kier molecular flexibility index (Phi) is 16.1. The molecule has 5 atom stereocenters. The molecule has 0 spiro atoms. The quantitative estimate of drug-likeness (QED) is 0.254. The zero-order valence-electron chi connectivity index (χ0n) is 18.6. The van der Waals surface area contributed by atoms with Crippen molar-refractivity contribution in [2.24, 2.45) is 5.73 Å². The van der Waals surface area contributed by atoms with E-state index in [2.05, 4.69) is 6.92 Å². The molecule has 5 N–H and O–H groups in total. The minimum absolute atomic E-state index is 0.371. The summed E-state index contributed by atoms with van der Waals surface area (Å²) in [5.41, 5.74) is 5.85. The molecule has 0 aromatic heterocycles. The summed E-state index contributed by atoms with van der Waals surface area (Å²) in [6, 6.07) is -0.802. The average Bonchev–Trinajstić information content (AvgIpc) is 2.73. The van der Waals surface area contributed by atoms with Gasteiger partial charge in [0.15, 0.2) is 6.29 Å². The first-order valence-corrected chi connectivity index (χ1v) is 12.1. The van der Waals surface area contributed by atoms with E-state index in [4.69, 9.17) is 15.2 Å². The van der Waals surface area contributed by atoms with Crippen molar-refractivity contribution in [1.82, 2.24) is 0 Å². The van der Waals surface area contributed by atoms with E-state index in [0.29, 0.717) is 6.61 Å². The van der Waals surface area contributed by atoms with Gasteiger partial charge in [0.2, 0.25) is 0 Å². The Labute approximate surface area is 178 Å². The molecule has 0 radical (unpaired) electrons. The van der Waals surface area contributed by atoms with E-state index in [0.717, 1.165) is 12.8 Å². The van der Waals surface area contributed by atoms with Gasteiger partial charge in [-0.05, 0) is 6.42 Å². The molecule has 0 aromatic rings. The lowest BCUT2D eigenvalue weighted by Crippen LogP contribution is -2.62. The number of hydrogen-bond donors (Lipinski definition) is 4. The van der Waals surface area contributed by atoms with Crippen molar-refractivity contribution in [2.45, 2.75) is 134 Å². The standard InChI is InChI=1S/C23H47NO5/c1-2-3-4-5-6-7-8-9-10-11-12-13-14-15-16-17-28-23-20(24)22(27)21(26)19(18-25)29-23/h19-23,25-27H,2-18,24H2,1H3/t19?,20?,21-,22?,23-/m1/s1. The van der Waals surface area contributed by atoms with Crippen molar-refractivity contribution in [3.8, 4) is 0 Å². The number of nitrogens with two attached hydrogens (primary N) is 1. The maximum Gasteiger partial charge on any atom is 0.175 e. The molecule has 6 nitrogen and oxygen atoms in total. The van der Waals surface area contributed by atoms with Gasteiger partial charge in [-0.25, -0.2) is 0 Å². The van der Waals surface area contributed by atoms with Crippen LogP contribution < -0.4 is 5.73 Å². The molecule has 1 aliphatic rings. The first-order valence-electron chi connectivity index (χ1n) is 12.1. The molecule has 1 heterocycles. The number of hydrogen-bond acceptors (Lipinski definition) is 6. The number of aliphatic hydroxyl groups excluding tert-OH is 3. The molecule has 1 aliphatic heterocycles. The zero-order valence-corrected chi connectivity index (χ0v) is 18.6. The second-order valence-electron chi connectivity index (χ2n) is 8.60. The van der Waals surface area contributed by atoms with Gasteiger partial charge in [0.1, 0.15) is 18.3 Å². The minimum Gasteiger partial charge on any atom is -0.394 e. The molecule has 0 amide bonds. The van der Waals surface area contributed by atoms with Crippen molar-refractivity contribution in [1.29, 1.82) is 0 Å². The second-order valence-corrected chi connectivity index (χ2v) is 8.60. The molecule has 3 unspecified atom stereocenters. The van der Waals surface area contributed by atoms with Gasteiger partial charge in [0.25, 0.3) is 0 Å². The Morgan fingerprint density at radius 3 is 1.62 bits per heavy atom. The largest absolute Gasteiger partial charge is 0.394 e. The third-order valence-corrected chi connectivity index (χ3v) is 5.96. The molecule has 1 rings (SSSR count). The molecule has 6 heteroatoms. The van der Waals surface area contributed by atoms with Crippen LogP contribution in [0.2, 0.25) is 0 Å². The molecule has 0 aliphatic carbocycles. The Bertz CT molecular complexity index is 369. The van der Waals surface area contributed by atoms with Crippen LogP contribution in [0.5, 0.6) is 0 Å². The van der Waals surface area contributed by atoms with Crippen molar-refractivity contribution in [2.75, 3.05) is 13.2 Å². The van der Waals surface area contributed by atoms with Gasteiger partial charge in [0.05, 0.1) is 12.6 Å². The van der Waals surface area contributed by atoms with Crippen LogP contribution in [-0.4, -0.2) is 59.2 Å². The first kappa shape index (κ1) is 26.8. The maximum absolute atomic E-state index is 9.91. The predicted molar refractivity (Wildman–Crippen MR) is 117 cm³/mol. The van der Waals surface area contributed by atoms with Crippen LogP contribution in [-0.2, 0) is 9.47 Å². The van der Waals surface area contributed by atoms with Crippen LogP contribution in [0.1, 0.15) is 103 Å². The van der Waals surface area contributed by atoms with E-state index >= 15 is 0 Å². The maximum atomic E-state index is 9.91. The number of ether oxygens (including phenoxy) is 2. The lowest BCUT2D eigenvalue weighted by atomic mass is 9.98. The van der Waals surface area contributed by atoms with E-state index in [1.165, 1.54) is 83.5 Å². The highest BCUT2D eigenvalue weighted by atomic mass is 16.7. The molecule has 0 bridgehead atoms. The van der Waals surface area contributed by atoms with Crippen LogP contribution in [0.4, 0.5) is 0 Å². The molecule has 1 fully saturated rings. The summed E-state index contributed by atoms with van der Waals surface area (Å²) < 4.78 is 11.1. The summed E-state index contributed by atoms with van der Waals surface area (Å²) in [6.07, 6.45) is 15.8. The zero-order chi connectivity index (χ0) is 21.3. The van der Waals surface area contributed by atoms with E-state index in [9.17, 15) is 15.3 Å². The number of unbranched alkanes of at least 4 members (excludes halogenated alkanes) is 14. The van der Waals surface area contributed by atoms with Gasteiger partial charge in [0, 0.05) is 6.61 Å². The number of aliphatic hydroxyl groups is 3. The highest BCUT2D eigenvalue weighted by molar-refractivity contribution is 4.91. The molecule has 1 saturated heterocycles. The molecule has 0 aromatic carbocycles. The van der Waals surface area contributed by atoms with Crippen LogP contribution in [0.25, 0.3) is 0 Å². The smallest absolute Gasteiger partial charge is 0.175 e. The lowest BCUT2D eigenvalue weighted by molar-refractivity contribution is -0.265. The Morgan fingerprint density at radius 2 is 1.17 bits per heavy atom. The Balaban J connectivity index is 1.88. The van der Waals surface area contributed by atoms with E-state index in [1.54, 1.807) is 0 Å².